The first-order valence-electron chi connectivity index (χ1n) is 11.4. The van der Waals surface area contributed by atoms with Gasteiger partial charge in [-0.3, -0.25) is 9.48 Å². The number of nitrogens with one attached hydrogen (secondary N) is 1. The van der Waals surface area contributed by atoms with Crippen LogP contribution in [0.1, 0.15) is 34.5 Å². The van der Waals surface area contributed by atoms with Gasteiger partial charge in [-0.05, 0) is 72.3 Å². The van der Waals surface area contributed by atoms with Crippen molar-refractivity contribution >= 4 is 33.3 Å². The number of aromatic carboxylic acids is 1. The van der Waals surface area contributed by atoms with Crippen LogP contribution in [0, 0.1) is 6.92 Å². The van der Waals surface area contributed by atoms with Gasteiger partial charge in [0.1, 0.15) is 0 Å². The predicted octanol–water partition coefficient (Wildman–Crippen LogP) is 5.27. The molecule has 2 heterocycles. The molecular formula is C28H26N4O3. The smallest absolute Gasteiger partial charge is 0.337 e. The van der Waals surface area contributed by atoms with Crippen LogP contribution in [0.4, 0.5) is 5.69 Å². The van der Waals surface area contributed by atoms with Gasteiger partial charge < -0.3 is 15.0 Å². The summed E-state index contributed by atoms with van der Waals surface area (Å²) in [5.41, 5.74) is 5.19. The summed E-state index contributed by atoms with van der Waals surface area (Å²) < 4.78 is 3.46. The molecule has 0 radical (unpaired) electrons. The lowest BCUT2D eigenvalue weighted by molar-refractivity contribution is 0.0698. The maximum Gasteiger partial charge on any atom is 0.337 e. The highest BCUT2D eigenvalue weighted by molar-refractivity contribution is 5.95. The zero-order valence-corrected chi connectivity index (χ0v) is 20.0. The molecule has 5 rings (SSSR count). The summed E-state index contributed by atoms with van der Waals surface area (Å²) in [6.07, 6.45) is 1.96. The molecular weight excluding hydrogens is 440 g/mol. The third kappa shape index (κ3) is 3.95. The Bertz CT molecular complexity index is 1680. The second kappa shape index (κ2) is 8.43. The Hall–Kier alpha value is -4.39. The van der Waals surface area contributed by atoms with E-state index in [2.05, 4.69) is 16.5 Å². The lowest BCUT2D eigenvalue weighted by Gasteiger charge is -2.21. The second-order valence-corrected chi connectivity index (χ2v) is 9.00. The second-order valence-electron chi connectivity index (χ2n) is 9.00. The summed E-state index contributed by atoms with van der Waals surface area (Å²) in [6.45, 7) is 3.94. The number of carbonyl (C=O) groups is 1. The number of aromatic nitrogens is 3. The maximum absolute atomic E-state index is 13.5. The van der Waals surface area contributed by atoms with Crippen LogP contribution in [0.2, 0.25) is 0 Å². The number of aryl methyl sites for hydroxylation is 2. The van der Waals surface area contributed by atoms with Crippen LogP contribution < -0.4 is 10.9 Å². The standard InChI is InChI=1S/C28H26N4O3/c1-16-11-21(17(2)29-25-8-6-5-7-20(25)28(34)35)22-14-26(32(4)27(33)23(22)12-16)18-9-10-24-19(13-18)15-31(3)30-24/h5-15,17,29H,1-4H3,(H,34,35). The Morgan fingerprint density at radius 2 is 1.80 bits per heavy atom. The van der Waals surface area contributed by atoms with Gasteiger partial charge >= 0.3 is 5.97 Å². The number of nitrogens with zero attached hydrogens (tertiary/aromatic N) is 3. The molecule has 176 valence electrons. The Labute approximate surface area is 202 Å². The predicted molar refractivity (Wildman–Crippen MR) is 139 cm³/mol. The summed E-state index contributed by atoms with van der Waals surface area (Å²) in [6, 6.07) is 18.6. The molecule has 0 aliphatic rings. The SMILES string of the molecule is Cc1cc(C(C)Nc2ccccc2C(=O)O)c2cc(-c3ccc4nn(C)cc4c3)n(C)c(=O)c2c1. The van der Waals surface area contributed by atoms with E-state index in [1.54, 1.807) is 40.6 Å². The highest BCUT2D eigenvalue weighted by atomic mass is 16.4. The van der Waals surface area contributed by atoms with Crippen molar-refractivity contribution in [3.05, 3.63) is 93.9 Å². The minimum Gasteiger partial charge on any atom is -0.478 e. The molecule has 35 heavy (non-hydrogen) atoms. The van der Waals surface area contributed by atoms with Gasteiger partial charge in [0.05, 0.1) is 16.8 Å². The summed E-state index contributed by atoms with van der Waals surface area (Å²) in [4.78, 5) is 25.2. The van der Waals surface area contributed by atoms with Crippen molar-refractivity contribution in [1.29, 1.82) is 0 Å². The first-order valence-corrected chi connectivity index (χ1v) is 11.4. The van der Waals surface area contributed by atoms with Gasteiger partial charge in [-0.1, -0.05) is 24.3 Å². The van der Waals surface area contributed by atoms with E-state index in [0.717, 1.165) is 38.7 Å². The molecule has 0 aliphatic heterocycles. The van der Waals surface area contributed by atoms with E-state index in [1.807, 2.05) is 57.4 Å². The van der Waals surface area contributed by atoms with E-state index >= 15 is 0 Å². The normalized spacial score (nSPS) is 12.2. The van der Waals surface area contributed by atoms with E-state index in [9.17, 15) is 14.7 Å². The lowest BCUT2D eigenvalue weighted by Crippen LogP contribution is -2.20. The first-order chi connectivity index (χ1) is 16.7. The Morgan fingerprint density at radius 3 is 2.57 bits per heavy atom. The zero-order chi connectivity index (χ0) is 24.9. The van der Waals surface area contributed by atoms with E-state index in [4.69, 9.17) is 0 Å². The third-order valence-electron chi connectivity index (χ3n) is 6.44. The molecule has 0 fully saturated rings. The van der Waals surface area contributed by atoms with Crippen molar-refractivity contribution in [2.45, 2.75) is 19.9 Å². The summed E-state index contributed by atoms with van der Waals surface area (Å²) in [7, 11) is 3.67. The molecule has 2 aromatic heterocycles. The van der Waals surface area contributed by atoms with Crippen LogP contribution in [0.5, 0.6) is 0 Å². The molecule has 0 saturated carbocycles. The summed E-state index contributed by atoms with van der Waals surface area (Å²) in [5.74, 6) is -0.989. The topological polar surface area (TPSA) is 89.2 Å². The van der Waals surface area contributed by atoms with Crippen LogP contribution in [-0.2, 0) is 14.1 Å². The van der Waals surface area contributed by atoms with Gasteiger partial charge in [-0.2, -0.15) is 5.10 Å². The van der Waals surface area contributed by atoms with Crippen LogP contribution >= 0.6 is 0 Å². The molecule has 1 unspecified atom stereocenters. The average molecular weight is 467 g/mol. The van der Waals surface area contributed by atoms with Crippen molar-refractivity contribution in [2.24, 2.45) is 14.1 Å². The van der Waals surface area contributed by atoms with Gasteiger partial charge in [0.25, 0.3) is 5.56 Å². The Balaban J connectivity index is 1.68. The third-order valence-corrected chi connectivity index (χ3v) is 6.44. The molecule has 0 amide bonds. The number of rotatable bonds is 5. The molecule has 0 spiro atoms. The fourth-order valence-electron chi connectivity index (χ4n) is 4.74. The van der Waals surface area contributed by atoms with Gasteiger partial charge in [-0.15, -0.1) is 0 Å². The number of carboxylic acids is 1. The maximum atomic E-state index is 13.5. The molecule has 7 heteroatoms. The molecule has 5 aromatic rings. The Kier molecular flexibility index (Phi) is 5.40. The zero-order valence-electron chi connectivity index (χ0n) is 20.0. The van der Waals surface area contributed by atoms with Crippen LogP contribution in [-0.4, -0.2) is 25.4 Å². The fourth-order valence-corrected chi connectivity index (χ4v) is 4.74. The number of carboxylic acid groups (broad SMARTS) is 1. The van der Waals surface area contributed by atoms with E-state index < -0.39 is 5.97 Å². The first kappa shape index (κ1) is 22.4. The van der Waals surface area contributed by atoms with Crippen LogP contribution in [0.3, 0.4) is 0 Å². The molecule has 0 saturated heterocycles. The van der Waals surface area contributed by atoms with Crippen molar-refractivity contribution in [3.8, 4) is 11.3 Å². The highest BCUT2D eigenvalue weighted by Crippen LogP contribution is 2.32. The number of pyridine rings is 1. The summed E-state index contributed by atoms with van der Waals surface area (Å²) in [5, 5.41) is 19.8. The van der Waals surface area contributed by atoms with Crippen molar-refractivity contribution < 1.29 is 9.90 Å². The van der Waals surface area contributed by atoms with E-state index in [1.165, 1.54) is 0 Å². The lowest BCUT2D eigenvalue weighted by atomic mass is 9.95. The van der Waals surface area contributed by atoms with Gasteiger partial charge in [0.15, 0.2) is 0 Å². The Morgan fingerprint density at radius 1 is 1.03 bits per heavy atom. The van der Waals surface area contributed by atoms with Crippen molar-refractivity contribution in [3.63, 3.8) is 0 Å². The molecule has 3 aromatic carbocycles. The van der Waals surface area contributed by atoms with Crippen molar-refractivity contribution in [2.75, 3.05) is 5.32 Å². The largest absolute Gasteiger partial charge is 0.478 e. The molecule has 1 atom stereocenters. The van der Waals surface area contributed by atoms with E-state index in [0.29, 0.717) is 11.1 Å². The van der Waals surface area contributed by atoms with Gasteiger partial charge in [0, 0.05) is 42.8 Å². The molecule has 0 bridgehead atoms. The van der Waals surface area contributed by atoms with Crippen LogP contribution in [0.15, 0.2) is 71.7 Å². The minimum atomic E-state index is -0.989. The number of anilines is 1. The molecule has 0 aliphatic carbocycles. The number of hydrogen-bond acceptors (Lipinski definition) is 4. The monoisotopic (exact) mass is 466 g/mol. The summed E-state index contributed by atoms with van der Waals surface area (Å²) >= 11 is 0. The van der Waals surface area contributed by atoms with Crippen LogP contribution in [0.25, 0.3) is 32.9 Å². The van der Waals surface area contributed by atoms with E-state index in [-0.39, 0.29) is 17.2 Å². The molecule has 7 nitrogen and oxygen atoms in total. The average Bonchev–Trinajstić information content (AvgIpc) is 3.20. The number of hydrogen-bond donors (Lipinski definition) is 2. The van der Waals surface area contributed by atoms with Gasteiger partial charge in [-0.25, -0.2) is 4.79 Å². The van der Waals surface area contributed by atoms with Crippen molar-refractivity contribution in [1.82, 2.24) is 14.3 Å². The number of fused-ring (bicyclic) bond motifs is 2. The number of para-hydroxylation sites is 1. The number of benzene rings is 3. The van der Waals surface area contributed by atoms with Gasteiger partial charge in [0.2, 0.25) is 0 Å². The fraction of sp³-hybridized carbons (Fsp3) is 0.179. The highest BCUT2D eigenvalue weighted by Gasteiger charge is 2.18. The quantitative estimate of drug-likeness (QED) is 0.368. The minimum absolute atomic E-state index is 0.0770. The molecule has 2 N–H and O–H groups in total.